The van der Waals surface area contributed by atoms with E-state index in [0.29, 0.717) is 29.4 Å². The van der Waals surface area contributed by atoms with E-state index >= 15 is 0 Å². The molecule has 106 valence electrons. The van der Waals surface area contributed by atoms with Gasteiger partial charge in [0.25, 0.3) is 5.69 Å². The largest absolute Gasteiger partial charge is 0.492 e. The van der Waals surface area contributed by atoms with E-state index in [-0.39, 0.29) is 5.69 Å². The molecule has 0 bridgehead atoms. The van der Waals surface area contributed by atoms with E-state index in [0.717, 1.165) is 5.56 Å². The van der Waals surface area contributed by atoms with Crippen LogP contribution in [0.3, 0.4) is 0 Å². The molecule has 6 heteroatoms. The van der Waals surface area contributed by atoms with Crippen molar-refractivity contribution in [3.63, 3.8) is 0 Å². The first-order valence-corrected chi connectivity index (χ1v) is 6.54. The Labute approximate surface area is 126 Å². The van der Waals surface area contributed by atoms with Crippen molar-refractivity contribution in [1.82, 2.24) is 0 Å². The van der Waals surface area contributed by atoms with Crippen LogP contribution in [0.15, 0.2) is 42.5 Å². The lowest BCUT2D eigenvalue weighted by atomic mass is 10.1. The minimum Gasteiger partial charge on any atom is -0.492 e. The van der Waals surface area contributed by atoms with Gasteiger partial charge in [-0.05, 0) is 17.7 Å². The van der Waals surface area contributed by atoms with Crippen molar-refractivity contribution in [1.29, 1.82) is 5.26 Å². The highest BCUT2D eigenvalue weighted by atomic mass is 35.5. The van der Waals surface area contributed by atoms with Gasteiger partial charge < -0.3 is 4.74 Å². The fraction of sp³-hybridized carbons (Fsp3) is 0.133. The Morgan fingerprint density at radius 1 is 1.24 bits per heavy atom. The Balaban J connectivity index is 1.97. The van der Waals surface area contributed by atoms with Crippen LogP contribution in [0, 0.1) is 21.4 Å². The molecule has 2 aromatic rings. The number of nitrogens with zero attached hydrogens (tertiary/aromatic N) is 2. The predicted molar refractivity (Wildman–Crippen MR) is 78.5 cm³/mol. The lowest BCUT2D eigenvalue weighted by molar-refractivity contribution is -0.384. The van der Waals surface area contributed by atoms with Gasteiger partial charge in [0.2, 0.25) is 0 Å². The molecule has 0 aliphatic carbocycles. The third kappa shape index (κ3) is 3.94. The van der Waals surface area contributed by atoms with Crippen LogP contribution >= 0.6 is 11.6 Å². The molecule has 2 aromatic carbocycles. The molecule has 0 saturated heterocycles. The first-order valence-electron chi connectivity index (χ1n) is 6.16. The van der Waals surface area contributed by atoms with Crippen molar-refractivity contribution in [3.8, 4) is 11.8 Å². The van der Waals surface area contributed by atoms with Crippen LogP contribution in [-0.4, -0.2) is 11.5 Å². The summed E-state index contributed by atoms with van der Waals surface area (Å²) in [5, 5.41) is 20.0. The first-order chi connectivity index (χ1) is 10.1. The summed E-state index contributed by atoms with van der Waals surface area (Å²) in [5.41, 5.74) is 1.39. The second kappa shape index (κ2) is 6.73. The van der Waals surface area contributed by atoms with E-state index in [2.05, 4.69) is 0 Å². The summed E-state index contributed by atoms with van der Waals surface area (Å²) < 4.78 is 5.55. The quantitative estimate of drug-likeness (QED) is 0.622. The van der Waals surface area contributed by atoms with E-state index in [9.17, 15) is 10.1 Å². The van der Waals surface area contributed by atoms with Gasteiger partial charge in [-0.15, -0.1) is 0 Å². The molecule has 0 aliphatic heterocycles. The number of ether oxygens (including phenoxy) is 1. The predicted octanol–water partition coefficient (Wildman–Crippen LogP) is 3.74. The third-order valence-electron chi connectivity index (χ3n) is 2.86. The van der Waals surface area contributed by atoms with Gasteiger partial charge in [-0.1, -0.05) is 23.7 Å². The van der Waals surface area contributed by atoms with Gasteiger partial charge in [0.05, 0.1) is 17.1 Å². The van der Waals surface area contributed by atoms with E-state index in [1.807, 2.05) is 6.07 Å². The summed E-state index contributed by atoms with van der Waals surface area (Å²) >= 11 is 5.86. The molecule has 0 aliphatic rings. The lowest BCUT2D eigenvalue weighted by Crippen LogP contribution is -2.02. The zero-order valence-electron chi connectivity index (χ0n) is 11.0. The fourth-order valence-electron chi connectivity index (χ4n) is 1.77. The van der Waals surface area contributed by atoms with E-state index in [1.165, 1.54) is 12.1 Å². The standard InChI is InChI=1S/C15H11ClN2O3/c16-13-4-3-12(10-17)15(9-13)21-8-7-11-1-5-14(6-2-11)18(19)20/h1-6,9H,7-8H2. The van der Waals surface area contributed by atoms with Gasteiger partial charge in [-0.3, -0.25) is 10.1 Å². The Kier molecular flexibility index (Phi) is 4.75. The summed E-state index contributed by atoms with van der Waals surface area (Å²) in [6.45, 7) is 0.354. The number of hydrogen-bond acceptors (Lipinski definition) is 4. The average molecular weight is 303 g/mol. The molecule has 0 fully saturated rings. The zero-order valence-corrected chi connectivity index (χ0v) is 11.7. The Bertz CT molecular complexity index is 693. The summed E-state index contributed by atoms with van der Waals surface area (Å²) in [6.07, 6.45) is 0.579. The molecule has 0 radical (unpaired) electrons. The Hall–Kier alpha value is -2.58. The summed E-state index contributed by atoms with van der Waals surface area (Å²) in [5.74, 6) is 0.437. The third-order valence-corrected chi connectivity index (χ3v) is 3.09. The summed E-state index contributed by atoms with van der Waals surface area (Å²) in [7, 11) is 0. The molecule has 0 unspecified atom stereocenters. The molecule has 0 amide bonds. The molecule has 0 saturated carbocycles. The van der Waals surface area contributed by atoms with Crippen LogP contribution in [0.2, 0.25) is 5.02 Å². The molecular weight excluding hydrogens is 292 g/mol. The lowest BCUT2D eigenvalue weighted by Gasteiger charge is -2.08. The van der Waals surface area contributed by atoms with Gasteiger partial charge in [-0.2, -0.15) is 5.26 Å². The minimum absolute atomic E-state index is 0.0567. The Morgan fingerprint density at radius 3 is 2.57 bits per heavy atom. The first kappa shape index (κ1) is 14.8. The number of hydrogen-bond donors (Lipinski definition) is 0. The minimum atomic E-state index is -0.439. The highest BCUT2D eigenvalue weighted by Crippen LogP contribution is 2.23. The maximum atomic E-state index is 10.6. The number of nitro groups is 1. The maximum Gasteiger partial charge on any atom is 0.269 e. The van der Waals surface area contributed by atoms with Gasteiger partial charge in [0, 0.05) is 29.6 Å². The highest BCUT2D eigenvalue weighted by molar-refractivity contribution is 6.30. The molecule has 0 heterocycles. The maximum absolute atomic E-state index is 10.6. The van der Waals surface area contributed by atoms with Crippen molar-refractivity contribution < 1.29 is 9.66 Å². The zero-order chi connectivity index (χ0) is 15.2. The average Bonchev–Trinajstić information content (AvgIpc) is 2.48. The van der Waals surface area contributed by atoms with E-state index in [1.54, 1.807) is 30.3 Å². The van der Waals surface area contributed by atoms with Gasteiger partial charge in [-0.25, -0.2) is 0 Å². The molecule has 21 heavy (non-hydrogen) atoms. The second-order valence-corrected chi connectivity index (χ2v) is 4.71. The van der Waals surface area contributed by atoms with E-state index in [4.69, 9.17) is 21.6 Å². The van der Waals surface area contributed by atoms with Gasteiger partial charge in [0.15, 0.2) is 0 Å². The van der Waals surface area contributed by atoms with Crippen LogP contribution in [0.4, 0.5) is 5.69 Å². The monoisotopic (exact) mass is 302 g/mol. The van der Waals surface area contributed by atoms with Crippen molar-refractivity contribution in [3.05, 3.63) is 68.7 Å². The van der Waals surface area contributed by atoms with Crippen molar-refractivity contribution in [2.75, 3.05) is 6.61 Å². The van der Waals surface area contributed by atoms with Crippen molar-refractivity contribution in [2.24, 2.45) is 0 Å². The van der Waals surface area contributed by atoms with Gasteiger partial charge >= 0.3 is 0 Å². The second-order valence-electron chi connectivity index (χ2n) is 4.27. The van der Waals surface area contributed by atoms with Crippen molar-refractivity contribution in [2.45, 2.75) is 6.42 Å². The number of nitro benzene ring substituents is 1. The number of nitriles is 1. The molecule has 0 N–H and O–H groups in total. The molecule has 0 spiro atoms. The van der Waals surface area contributed by atoms with Crippen LogP contribution < -0.4 is 4.74 Å². The molecule has 0 aromatic heterocycles. The molecule has 2 rings (SSSR count). The Morgan fingerprint density at radius 2 is 1.95 bits per heavy atom. The highest BCUT2D eigenvalue weighted by Gasteiger charge is 2.06. The molecule has 0 atom stereocenters. The van der Waals surface area contributed by atoms with Crippen LogP contribution in [0.1, 0.15) is 11.1 Å². The smallest absolute Gasteiger partial charge is 0.269 e. The topological polar surface area (TPSA) is 76.2 Å². The SMILES string of the molecule is N#Cc1ccc(Cl)cc1OCCc1ccc([N+](=O)[O-])cc1. The summed E-state index contributed by atoms with van der Waals surface area (Å²) in [4.78, 5) is 10.1. The normalized spacial score (nSPS) is 9.90. The van der Waals surface area contributed by atoms with Crippen LogP contribution in [0.25, 0.3) is 0 Å². The number of benzene rings is 2. The summed E-state index contributed by atoms with van der Waals surface area (Å²) in [6, 6.07) is 13.1. The fourth-order valence-corrected chi connectivity index (χ4v) is 1.93. The van der Waals surface area contributed by atoms with Gasteiger partial charge in [0.1, 0.15) is 11.8 Å². The number of rotatable bonds is 5. The van der Waals surface area contributed by atoms with Crippen LogP contribution in [0.5, 0.6) is 5.75 Å². The molecule has 5 nitrogen and oxygen atoms in total. The van der Waals surface area contributed by atoms with Crippen LogP contribution in [-0.2, 0) is 6.42 Å². The van der Waals surface area contributed by atoms with E-state index < -0.39 is 4.92 Å². The molecular formula is C15H11ClN2O3. The van der Waals surface area contributed by atoms with Crippen molar-refractivity contribution >= 4 is 17.3 Å². The number of non-ortho nitro benzene ring substituents is 1. The number of halogens is 1.